The van der Waals surface area contributed by atoms with E-state index >= 15 is 0 Å². The van der Waals surface area contributed by atoms with Crippen molar-refractivity contribution < 1.29 is 8.78 Å². The van der Waals surface area contributed by atoms with Crippen LogP contribution in [0.2, 0.25) is 0 Å². The van der Waals surface area contributed by atoms with Crippen LogP contribution in [0, 0.1) is 11.6 Å². The second-order valence-corrected chi connectivity index (χ2v) is 4.77. The van der Waals surface area contributed by atoms with Gasteiger partial charge in [0.05, 0.1) is 0 Å². The summed E-state index contributed by atoms with van der Waals surface area (Å²) in [6.07, 6.45) is 6.74. The van der Waals surface area contributed by atoms with Crippen LogP contribution in [0.1, 0.15) is 18.4 Å². The summed E-state index contributed by atoms with van der Waals surface area (Å²) in [7, 11) is 1.70. The van der Waals surface area contributed by atoms with Crippen LogP contribution in [0.25, 0.3) is 0 Å². The normalized spacial score (nSPS) is 15.7. The van der Waals surface area contributed by atoms with Crippen molar-refractivity contribution in [2.75, 3.05) is 13.6 Å². The predicted octanol–water partition coefficient (Wildman–Crippen LogP) is 2.39. The predicted molar refractivity (Wildman–Crippen MR) is 76.7 cm³/mol. The van der Waals surface area contributed by atoms with E-state index < -0.39 is 11.6 Å². The molecule has 0 aliphatic heterocycles. The minimum absolute atomic E-state index is 0.378. The average molecular weight is 279 g/mol. The third-order valence-corrected chi connectivity index (χ3v) is 3.27. The molecule has 0 fully saturated rings. The van der Waals surface area contributed by atoms with Gasteiger partial charge in [0.1, 0.15) is 11.6 Å². The summed E-state index contributed by atoms with van der Waals surface area (Å²) in [4.78, 5) is 4.13. The van der Waals surface area contributed by atoms with Gasteiger partial charge in [0.15, 0.2) is 5.96 Å². The molecule has 20 heavy (non-hydrogen) atoms. The van der Waals surface area contributed by atoms with E-state index in [-0.39, 0.29) is 0 Å². The Kier molecular flexibility index (Phi) is 5.09. The molecule has 0 bridgehead atoms. The number of benzene rings is 1. The molecule has 0 saturated heterocycles. The van der Waals surface area contributed by atoms with Crippen molar-refractivity contribution in [3.8, 4) is 0 Å². The van der Waals surface area contributed by atoms with E-state index in [2.05, 4.69) is 27.8 Å². The summed E-state index contributed by atoms with van der Waals surface area (Å²) in [5.74, 6) is -0.346. The monoisotopic (exact) mass is 279 g/mol. The highest BCUT2D eigenvalue weighted by Crippen LogP contribution is 2.10. The van der Waals surface area contributed by atoms with E-state index in [0.29, 0.717) is 30.5 Å². The Balaban J connectivity index is 1.78. The SMILES string of the molecule is CN=C(NCCc1ccc(F)cc1F)NC1CC=CC1. The Morgan fingerprint density at radius 1 is 1.30 bits per heavy atom. The lowest BCUT2D eigenvalue weighted by Crippen LogP contribution is -2.43. The molecule has 5 heteroatoms. The lowest BCUT2D eigenvalue weighted by molar-refractivity contribution is 0.569. The Morgan fingerprint density at radius 3 is 2.70 bits per heavy atom. The van der Waals surface area contributed by atoms with Crippen molar-refractivity contribution in [3.63, 3.8) is 0 Å². The second kappa shape index (κ2) is 7.03. The molecule has 2 N–H and O–H groups in total. The summed E-state index contributed by atoms with van der Waals surface area (Å²) in [5, 5.41) is 6.44. The van der Waals surface area contributed by atoms with Gasteiger partial charge in [0, 0.05) is 25.7 Å². The summed E-state index contributed by atoms with van der Waals surface area (Å²) in [6, 6.07) is 4.04. The maximum atomic E-state index is 13.5. The van der Waals surface area contributed by atoms with Crippen molar-refractivity contribution in [1.82, 2.24) is 10.6 Å². The number of hydrogen-bond donors (Lipinski definition) is 2. The van der Waals surface area contributed by atoms with Gasteiger partial charge in [-0.15, -0.1) is 0 Å². The van der Waals surface area contributed by atoms with Gasteiger partial charge in [-0.05, 0) is 30.9 Å². The van der Waals surface area contributed by atoms with E-state index in [1.54, 1.807) is 7.05 Å². The molecule has 0 saturated carbocycles. The second-order valence-electron chi connectivity index (χ2n) is 4.77. The van der Waals surface area contributed by atoms with Gasteiger partial charge >= 0.3 is 0 Å². The van der Waals surface area contributed by atoms with Crippen molar-refractivity contribution in [2.24, 2.45) is 4.99 Å². The first kappa shape index (κ1) is 14.5. The highest BCUT2D eigenvalue weighted by molar-refractivity contribution is 5.80. The molecule has 0 atom stereocenters. The minimum Gasteiger partial charge on any atom is -0.356 e. The van der Waals surface area contributed by atoms with Crippen LogP contribution < -0.4 is 10.6 Å². The Morgan fingerprint density at radius 2 is 2.05 bits per heavy atom. The molecule has 0 unspecified atom stereocenters. The highest BCUT2D eigenvalue weighted by atomic mass is 19.1. The quantitative estimate of drug-likeness (QED) is 0.504. The van der Waals surface area contributed by atoms with E-state index in [4.69, 9.17) is 0 Å². The van der Waals surface area contributed by atoms with E-state index in [1.807, 2.05) is 0 Å². The third-order valence-electron chi connectivity index (χ3n) is 3.27. The molecule has 0 amide bonds. The number of hydrogen-bond acceptors (Lipinski definition) is 1. The molecule has 0 radical (unpaired) electrons. The van der Waals surface area contributed by atoms with Gasteiger partial charge in [-0.2, -0.15) is 0 Å². The van der Waals surface area contributed by atoms with Crippen molar-refractivity contribution >= 4 is 5.96 Å². The van der Waals surface area contributed by atoms with Crippen LogP contribution in [-0.2, 0) is 6.42 Å². The van der Waals surface area contributed by atoms with Gasteiger partial charge in [-0.25, -0.2) is 8.78 Å². The van der Waals surface area contributed by atoms with Crippen molar-refractivity contribution in [2.45, 2.75) is 25.3 Å². The van der Waals surface area contributed by atoms with Crippen molar-refractivity contribution in [1.29, 1.82) is 0 Å². The lowest BCUT2D eigenvalue weighted by Gasteiger charge is -2.16. The maximum Gasteiger partial charge on any atom is 0.191 e. The van der Waals surface area contributed by atoms with E-state index in [0.717, 1.165) is 18.9 Å². The number of guanidine groups is 1. The fraction of sp³-hybridized carbons (Fsp3) is 0.400. The van der Waals surface area contributed by atoms with E-state index in [9.17, 15) is 8.78 Å². The summed E-state index contributed by atoms with van der Waals surface area (Å²) in [5.41, 5.74) is 0.497. The molecule has 0 aromatic heterocycles. The number of nitrogens with one attached hydrogen (secondary N) is 2. The van der Waals surface area contributed by atoms with Crippen LogP contribution in [-0.4, -0.2) is 25.6 Å². The van der Waals surface area contributed by atoms with Gasteiger partial charge in [0.25, 0.3) is 0 Å². The lowest BCUT2D eigenvalue weighted by atomic mass is 10.1. The molecule has 108 valence electrons. The van der Waals surface area contributed by atoms with Gasteiger partial charge in [0.2, 0.25) is 0 Å². The van der Waals surface area contributed by atoms with Gasteiger partial charge in [-0.3, -0.25) is 4.99 Å². The first-order valence-electron chi connectivity index (χ1n) is 6.75. The van der Waals surface area contributed by atoms with E-state index in [1.165, 1.54) is 12.1 Å². The molecular weight excluding hydrogens is 260 g/mol. The Hall–Kier alpha value is -1.91. The fourth-order valence-electron chi connectivity index (χ4n) is 2.16. The Bertz CT molecular complexity index is 504. The van der Waals surface area contributed by atoms with Crippen molar-refractivity contribution in [3.05, 3.63) is 47.5 Å². The van der Waals surface area contributed by atoms with Crippen LogP contribution in [0.15, 0.2) is 35.3 Å². The molecule has 0 spiro atoms. The van der Waals surface area contributed by atoms with Crippen LogP contribution in [0.4, 0.5) is 8.78 Å². The standard InChI is InChI=1S/C15H19F2N3/c1-18-15(20-13-4-2-3-5-13)19-9-8-11-6-7-12(16)10-14(11)17/h2-3,6-7,10,13H,4-5,8-9H2,1H3,(H2,18,19,20). The number of halogens is 2. The molecule has 1 aliphatic carbocycles. The maximum absolute atomic E-state index is 13.5. The first-order chi connectivity index (χ1) is 9.69. The van der Waals surface area contributed by atoms with Crippen LogP contribution >= 0.6 is 0 Å². The Labute approximate surface area is 117 Å². The summed E-state index contributed by atoms with van der Waals surface area (Å²) < 4.78 is 26.3. The smallest absolute Gasteiger partial charge is 0.191 e. The van der Waals surface area contributed by atoms with Gasteiger partial charge in [-0.1, -0.05) is 18.2 Å². The topological polar surface area (TPSA) is 36.4 Å². The third kappa shape index (κ3) is 4.05. The van der Waals surface area contributed by atoms with Gasteiger partial charge < -0.3 is 10.6 Å². The average Bonchev–Trinajstić information content (AvgIpc) is 2.93. The summed E-state index contributed by atoms with van der Waals surface area (Å²) >= 11 is 0. The fourth-order valence-corrected chi connectivity index (χ4v) is 2.16. The molecule has 1 aliphatic rings. The largest absolute Gasteiger partial charge is 0.356 e. The number of aliphatic imine (C=N–C) groups is 1. The summed E-state index contributed by atoms with van der Waals surface area (Å²) in [6.45, 7) is 0.544. The number of nitrogens with zero attached hydrogens (tertiary/aromatic N) is 1. The molecular formula is C15H19F2N3. The molecule has 3 nitrogen and oxygen atoms in total. The molecule has 1 aromatic rings. The zero-order valence-electron chi connectivity index (χ0n) is 11.5. The van der Waals surface area contributed by atoms with Crippen LogP contribution in [0.5, 0.6) is 0 Å². The minimum atomic E-state index is -0.551. The zero-order chi connectivity index (χ0) is 14.4. The molecule has 0 heterocycles. The highest BCUT2D eigenvalue weighted by Gasteiger charge is 2.11. The first-order valence-corrected chi connectivity index (χ1v) is 6.75. The zero-order valence-corrected chi connectivity index (χ0v) is 11.5. The van der Waals surface area contributed by atoms with Crippen LogP contribution in [0.3, 0.4) is 0 Å². The molecule has 1 aromatic carbocycles. The number of rotatable bonds is 4. The molecule has 2 rings (SSSR count).